The molecule has 1 aromatic carbocycles. The molecule has 0 amide bonds. The number of aldehydes is 1. The Balaban J connectivity index is 2.84. The number of halogens is 2. The van der Waals surface area contributed by atoms with E-state index in [0.29, 0.717) is 10.6 Å². The third-order valence-electron chi connectivity index (χ3n) is 1.88. The van der Waals surface area contributed by atoms with Gasteiger partial charge < -0.3 is 4.98 Å². The summed E-state index contributed by atoms with van der Waals surface area (Å²) in [6.45, 7) is 0. The van der Waals surface area contributed by atoms with Crippen LogP contribution in [0.2, 0.25) is 5.02 Å². The molecule has 0 atom stereocenters. The van der Waals surface area contributed by atoms with Gasteiger partial charge in [0.2, 0.25) is 0 Å². The van der Waals surface area contributed by atoms with Crippen molar-refractivity contribution in [3.8, 4) is 0 Å². The monoisotopic (exact) mass is 257 g/mol. The van der Waals surface area contributed by atoms with Crippen LogP contribution in [-0.2, 0) is 0 Å². The zero-order valence-corrected chi connectivity index (χ0v) is 8.82. The van der Waals surface area contributed by atoms with Crippen LogP contribution in [0.3, 0.4) is 0 Å². The van der Waals surface area contributed by atoms with Crippen molar-refractivity contribution in [2.24, 2.45) is 0 Å². The van der Waals surface area contributed by atoms with Gasteiger partial charge in [0.05, 0.1) is 5.02 Å². The van der Waals surface area contributed by atoms with Gasteiger partial charge in [-0.05, 0) is 28.1 Å². The Labute approximate surface area is 88.0 Å². The van der Waals surface area contributed by atoms with Crippen LogP contribution in [-0.4, -0.2) is 11.3 Å². The van der Waals surface area contributed by atoms with Crippen molar-refractivity contribution >= 4 is 44.7 Å². The SMILES string of the molecule is O=Cc1c[nH]c2cc(Cl)c(Br)cc12. The molecule has 0 aliphatic heterocycles. The van der Waals surface area contributed by atoms with Crippen LogP contribution in [0.1, 0.15) is 10.4 Å². The maximum absolute atomic E-state index is 10.6. The average molecular weight is 259 g/mol. The van der Waals surface area contributed by atoms with Gasteiger partial charge in [-0.3, -0.25) is 4.79 Å². The van der Waals surface area contributed by atoms with Crippen molar-refractivity contribution in [3.05, 3.63) is 33.4 Å². The molecule has 2 aromatic rings. The molecule has 1 heterocycles. The molecule has 1 N–H and O–H groups in total. The normalized spacial score (nSPS) is 10.6. The first-order valence-electron chi connectivity index (χ1n) is 3.63. The molecular weight excluding hydrogens is 253 g/mol. The second kappa shape index (κ2) is 3.16. The van der Waals surface area contributed by atoms with Crippen molar-refractivity contribution < 1.29 is 4.79 Å². The molecular formula is C9H5BrClNO. The summed E-state index contributed by atoms with van der Waals surface area (Å²) in [6.07, 6.45) is 2.49. The van der Waals surface area contributed by atoms with Gasteiger partial charge in [0.15, 0.2) is 6.29 Å². The van der Waals surface area contributed by atoms with Gasteiger partial charge in [0, 0.05) is 27.1 Å². The fourth-order valence-electron chi connectivity index (χ4n) is 1.24. The summed E-state index contributed by atoms with van der Waals surface area (Å²) in [5, 5.41) is 1.51. The largest absolute Gasteiger partial charge is 0.360 e. The predicted molar refractivity (Wildman–Crippen MR) is 56.4 cm³/mol. The molecule has 0 bridgehead atoms. The number of nitrogens with one attached hydrogen (secondary N) is 1. The van der Waals surface area contributed by atoms with Gasteiger partial charge in [-0.15, -0.1) is 0 Å². The van der Waals surface area contributed by atoms with Crippen molar-refractivity contribution in [3.63, 3.8) is 0 Å². The predicted octanol–water partition coefficient (Wildman–Crippen LogP) is 3.40. The van der Waals surface area contributed by atoms with E-state index in [9.17, 15) is 4.79 Å². The molecule has 1 aromatic heterocycles. The van der Waals surface area contributed by atoms with E-state index in [-0.39, 0.29) is 0 Å². The quantitative estimate of drug-likeness (QED) is 0.781. The third-order valence-corrected chi connectivity index (χ3v) is 3.08. The zero-order valence-electron chi connectivity index (χ0n) is 6.47. The van der Waals surface area contributed by atoms with Crippen molar-refractivity contribution in [2.75, 3.05) is 0 Å². The number of carbonyl (C=O) groups excluding carboxylic acids is 1. The van der Waals surface area contributed by atoms with Crippen LogP contribution in [0, 0.1) is 0 Å². The van der Waals surface area contributed by atoms with Crippen LogP contribution in [0.5, 0.6) is 0 Å². The third kappa shape index (κ3) is 1.38. The fraction of sp³-hybridized carbons (Fsp3) is 0. The number of fused-ring (bicyclic) bond motifs is 1. The second-order valence-electron chi connectivity index (χ2n) is 2.67. The van der Waals surface area contributed by atoms with Crippen LogP contribution in [0.15, 0.2) is 22.8 Å². The van der Waals surface area contributed by atoms with Crippen LogP contribution in [0.4, 0.5) is 0 Å². The van der Waals surface area contributed by atoms with Crippen LogP contribution in [0.25, 0.3) is 10.9 Å². The van der Waals surface area contributed by atoms with Crippen molar-refractivity contribution in [2.45, 2.75) is 0 Å². The molecule has 0 spiro atoms. The highest BCUT2D eigenvalue weighted by Crippen LogP contribution is 2.28. The topological polar surface area (TPSA) is 32.9 Å². The van der Waals surface area contributed by atoms with Crippen molar-refractivity contribution in [1.82, 2.24) is 4.98 Å². The summed E-state index contributed by atoms with van der Waals surface area (Å²) in [7, 11) is 0. The molecule has 66 valence electrons. The highest BCUT2D eigenvalue weighted by atomic mass is 79.9. The zero-order chi connectivity index (χ0) is 9.42. The minimum atomic E-state index is 0.631. The lowest BCUT2D eigenvalue weighted by molar-refractivity contribution is 0.112. The van der Waals surface area contributed by atoms with Gasteiger partial charge >= 0.3 is 0 Å². The Morgan fingerprint density at radius 2 is 2.23 bits per heavy atom. The van der Waals surface area contributed by atoms with E-state index < -0.39 is 0 Å². The number of rotatable bonds is 1. The first-order chi connectivity index (χ1) is 6.22. The lowest BCUT2D eigenvalue weighted by atomic mass is 10.2. The van der Waals surface area contributed by atoms with Gasteiger partial charge in [0.1, 0.15) is 0 Å². The van der Waals surface area contributed by atoms with Gasteiger partial charge in [0.25, 0.3) is 0 Å². The summed E-state index contributed by atoms with van der Waals surface area (Å²) >= 11 is 9.19. The number of hydrogen-bond donors (Lipinski definition) is 1. The highest BCUT2D eigenvalue weighted by molar-refractivity contribution is 9.10. The summed E-state index contributed by atoms with van der Waals surface area (Å²) in [5.74, 6) is 0. The van der Waals surface area contributed by atoms with E-state index in [1.807, 2.05) is 6.07 Å². The first kappa shape index (κ1) is 8.78. The Hall–Kier alpha value is -0.800. The molecule has 0 fully saturated rings. The number of H-pyrrole nitrogens is 1. The van der Waals surface area contributed by atoms with E-state index in [4.69, 9.17) is 11.6 Å². The number of aromatic amines is 1. The van der Waals surface area contributed by atoms with E-state index in [0.717, 1.165) is 21.7 Å². The van der Waals surface area contributed by atoms with Gasteiger partial charge in [-0.2, -0.15) is 0 Å². The van der Waals surface area contributed by atoms with E-state index in [1.165, 1.54) is 0 Å². The number of aromatic nitrogens is 1. The molecule has 4 heteroatoms. The number of carbonyl (C=O) groups is 1. The Bertz CT molecular complexity index is 478. The smallest absolute Gasteiger partial charge is 0.152 e. The first-order valence-corrected chi connectivity index (χ1v) is 4.81. The Kier molecular flexibility index (Phi) is 2.14. The van der Waals surface area contributed by atoms with Crippen molar-refractivity contribution in [1.29, 1.82) is 0 Å². The molecule has 0 unspecified atom stereocenters. The molecule has 2 rings (SSSR count). The molecule has 2 nitrogen and oxygen atoms in total. The minimum Gasteiger partial charge on any atom is -0.360 e. The molecule has 0 aliphatic carbocycles. The average Bonchev–Trinajstić information content (AvgIpc) is 2.48. The molecule has 0 aliphatic rings. The lowest BCUT2D eigenvalue weighted by Crippen LogP contribution is -1.75. The Morgan fingerprint density at radius 1 is 1.46 bits per heavy atom. The molecule has 0 saturated heterocycles. The minimum absolute atomic E-state index is 0.631. The molecule has 0 saturated carbocycles. The van der Waals surface area contributed by atoms with E-state index in [2.05, 4.69) is 20.9 Å². The molecule has 13 heavy (non-hydrogen) atoms. The summed E-state index contributed by atoms with van der Waals surface area (Å²) < 4.78 is 0.796. The highest BCUT2D eigenvalue weighted by Gasteiger charge is 2.05. The maximum Gasteiger partial charge on any atom is 0.152 e. The van der Waals surface area contributed by atoms with E-state index >= 15 is 0 Å². The summed E-state index contributed by atoms with van der Waals surface area (Å²) in [5.41, 5.74) is 1.52. The fourth-order valence-corrected chi connectivity index (χ4v) is 1.74. The van der Waals surface area contributed by atoms with Crippen LogP contribution >= 0.6 is 27.5 Å². The van der Waals surface area contributed by atoms with Gasteiger partial charge in [-0.1, -0.05) is 11.6 Å². The number of benzene rings is 1. The maximum atomic E-state index is 10.6. The second-order valence-corrected chi connectivity index (χ2v) is 3.94. The van der Waals surface area contributed by atoms with Gasteiger partial charge in [-0.25, -0.2) is 0 Å². The molecule has 0 radical (unpaired) electrons. The number of hydrogen-bond acceptors (Lipinski definition) is 1. The standard InChI is InChI=1S/C9H5BrClNO/c10-7-1-6-5(4-13)3-12-9(6)2-8(7)11/h1-4,12H. The van der Waals surface area contributed by atoms with Crippen LogP contribution < -0.4 is 0 Å². The Morgan fingerprint density at radius 3 is 2.92 bits per heavy atom. The lowest BCUT2D eigenvalue weighted by Gasteiger charge is -1.96. The summed E-state index contributed by atoms with van der Waals surface area (Å²) in [4.78, 5) is 13.6. The van der Waals surface area contributed by atoms with E-state index in [1.54, 1.807) is 12.3 Å². The summed E-state index contributed by atoms with van der Waals surface area (Å²) in [6, 6.07) is 3.62.